The van der Waals surface area contributed by atoms with Crippen molar-refractivity contribution in [2.45, 2.75) is 20.8 Å². The largest absolute Gasteiger partial charge is 0.332 e. The number of anilines is 2. The monoisotopic (exact) mass is 271 g/mol. The fraction of sp³-hybridized carbons (Fsp3) is 0.200. The first-order valence-corrected chi connectivity index (χ1v) is 6.53. The van der Waals surface area contributed by atoms with E-state index in [1.54, 1.807) is 6.20 Å². The summed E-state index contributed by atoms with van der Waals surface area (Å²) in [5.74, 6) is 0.782. The summed E-state index contributed by atoms with van der Waals surface area (Å²) in [6, 6.07) is 10.2. The average molecular weight is 271 g/mol. The van der Waals surface area contributed by atoms with Gasteiger partial charge in [-0.1, -0.05) is 12.1 Å². The third-order valence-electron chi connectivity index (χ3n) is 2.72. The van der Waals surface area contributed by atoms with E-state index < -0.39 is 0 Å². The molecule has 0 bridgehead atoms. The SMILES string of the molecule is Cc1cc(C)cc(NC(=S)Nc2ncccc2C)c1. The Morgan fingerprint density at radius 1 is 1.05 bits per heavy atom. The van der Waals surface area contributed by atoms with Crippen molar-refractivity contribution >= 4 is 28.8 Å². The van der Waals surface area contributed by atoms with Gasteiger partial charge in [-0.2, -0.15) is 0 Å². The fourth-order valence-electron chi connectivity index (χ4n) is 1.93. The summed E-state index contributed by atoms with van der Waals surface area (Å²) in [7, 11) is 0. The minimum Gasteiger partial charge on any atom is -0.332 e. The van der Waals surface area contributed by atoms with Gasteiger partial charge in [-0.05, 0) is 67.9 Å². The van der Waals surface area contributed by atoms with Gasteiger partial charge in [-0.3, -0.25) is 0 Å². The quantitative estimate of drug-likeness (QED) is 0.814. The highest BCUT2D eigenvalue weighted by Gasteiger charge is 2.03. The van der Waals surface area contributed by atoms with Crippen LogP contribution in [0.5, 0.6) is 0 Å². The molecule has 0 amide bonds. The van der Waals surface area contributed by atoms with Gasteiger partial charge < -0.3 is 10.6 Å². The molecule has 0 saturated carbocycles. The number of nitrogens with one attached hydrogen (secondary N) is 2. The highest BCUT2D eigenvalue weighted by atomic mass is 32.1. The van der Waals surface area contributed by atoms with E-state index in [-0.39, 0.29) is 0 Å². The van der Waals surface area contributed by atoms with Crippen LogP contribution in [0.2, 0.25) is 0 Å². The summed E-state index contributed by atoms with van der Waals surface area (Å²) in [4.78, 5) is 4.26. The molecular formula is C15H17N3S. The summed E-state index contributed by atoms with van der Waals surface area (Å²) in [6.45, 7) is 6.13. The van der Waals surface area contributed by atoms with Crippen molar-refractivity contribution in [3.8, 4) is 0 Å². The van der Waals surface area contributed by atoms with Gasteiger partial charge >= 0.3 is 0 Å². The summed E-state index contributed by atoms with van der Waals surface area (Å²) in [5.41, 5.74) is 4.47. The minimum absolute atomic E-state index is 0.548. The lowest BCUT2D eigenvalue weighted by molar-refractivity contribution is 1.27. The maximum atomic E-state index is 5.30. The molecule has 0 spiro atoms. The molecule has 2 rings (SSSR count). The molecule has 1 aromatic heterocycles. The van der Waals surface area contributed by atoms with Gasteiger partial charge in [0.1, 0.15) is 5.82 Å². The van der Waals surface area contributed by atoms with E-state index in [1.165, 1.54) is 11.1 Å². The van der Waals surface area contributed by atoms with Crippen LogP contribution < -0.4 is 10.6 Å². The zero-order valence-corrected chi connectivity index (χ0v) is 12.1. The number of nitrogens with zero attached hydrogens (tertiary/aromatic N) is 1. The van der Waals surface area contributed by atoms with Gasteiger partial charge in [0.25, 0.3) is 0 Å². The van der Waals surface area contributed by atoms with Crippen LogP contribution in [-0.4, -0.2) is 10.1 Å². The molecule has 0 radical (unpaired) electrons. The molecule has 0 aliphatic carbocycles. The summed E-state index contributed by atoms with van der Waals surface area (Å²) < 4.78 is 0. The van der Waals surface area contributed by atoms with Crippen molar-refractivity contribution in [2.75, 3.05) is 10.6 Å². The summed E-state index contributed by atoms with van der Waals surface area (Å²) in [6.07, 6.45) is 1.74. The van der Waals surface area contributed by atoms with Crippen LogP contribution in [0.3, 0.4) is 0 Å². The Kier molecular flexibility index (Phi) is 4.12. The lowest BCUT2D eigenvalue weighted by Gasteiger charge is -2.12. The minimum atomic E-state index is 0.548. The molecule has 0 aliphatic heterocycles. The maximum absolute atomic E-state index is 5.30. The Morgan fingerprint density at radius 3 is 2.37 bits per heavy atom. The Morgan fingerprint density at radius 2 is 1.74 bits per heavy atom. The zero-order chi connectivity index (χ0) is 13.8. The zero-order valence-electron chi connectivity index (χ0n) is 11.3. The van der Waals surface area contributed by atoms with Crippen LogP contribution in [-0.2, 0) is 0 Å². The van der Waals surface area contributed by atoms with Crippen LogP contribution in [0.1, 0.15) is 16.7 Å². The molecule has 1 aromatic carbocycles. The van der Waals surface area contributed by atoms with Crippen molar-refractivity contribution in [1.29, 1.82) is 0 Å². The smallest absolute Gasteiger partial charge is 0.176 e. The normalized spacial score (nSPS) is 10.1. The molecule has 0 atom stereocenters. The van der Waals surface area contributed by atoms with Crippen molar-refractivity contribution in [1.82, 2.24) is 4.98 Å². The first kappa shape index (κ1) is 13.5. The number of rotatable bonds is 2. The van der Waals surface area contributed by atoms with Crippen molar-refractivity contribution in [2.24, 2.45) is 0 Å². The predicted octanol–water partition coefficient (Wildman–Crippen LogP) is 3.82. The van der Waals surface area contributed by atoms with Crippen LogP contribution in [0.25, 0.3) is 0 Å². The number of hydrogen-bond donors (Lipinski definition) is 2. The van der Waals surface area contributed by atoms with Crippen molar-refractivity contribution < 1.29 is 0 Å². The molecule has 0 unspecified atom stereocenters. The van der Waals surface area contributed by atoms with Gasteiger partial charge in [-0.15, -0.1) is 0 Å². The van der Waals surface area contributed by atoms with Gasteiger partial charge in [0, 0.05) is 11.9 Å². The van der Waals surface area contributed by atoms with Crippen LogP contribution >= 0.6 is 12.2 Å². The number of pyridine rings is 1. The number of aromatic nitrogens is 1. The molecule has 1 heterocycles. The molecule has 0 aliphatic rings. The molecule has 3 nitrogen and oxygen atoms in total. The van der Waals surface area contributed by atoms with Crippen LogP contribution in [0.4, 0.5) is 11.5 Å². The molecule has 0 saturated heterocycles. The van der Waals surface area contributed by atoms with E-state index >= 15 is 0 Å². The van der Waals surface area contributed by atoms with Crippen LogP contribution in [0, 0.1) is 20.8 Å². The lowest BCUT2D eigenvalue weighted by atomic mass is 10.1. The Hall–Kier alpha value is -1.94. The Labute approximate surface area is 119 Å². The predicted molar refractivity (Wildman–Crippen MR) is 84.7 cm³/mol. The fourth-order valence-corrected chi connectivity index (χ4v) is 2.15. The first-order valence-electron chi connectivity index (χ1n) is 6.12. The highest BCUT2D eigenvalue weighted by Crippen LogP contribution is 2.15. The number of benzene rings is 1. The molecular weight excluding hydrogens is 254 g/mol. The lowest BCUT2D eigenvalue weighted by Crippen LogP contribution is -2.20. The molecule has 19 heavy (non-hydrogen) atoms. The van der Waals surface area contributed by atoms with E-state index in [4.69, 9.17) is 12.2 Å². The third kappa shape index (κ3) is 3.76. The van der Waals surface area contributed by atoms with Crippen molar-refractivity contribution in [3.63, 3.8) is 0 Å². The van der Waals surface area contributed by atoms with E-state index in [0.717, 1.165) is 17.1 Å². The second kappa shape index (κ2) is 5.80. The van der Waals surface area contributed by atoms with E-state index in [2.05, 4.69) is 47.7 Å². The third-order valence-corrected chi connectivity index (χ3v) is 2.93. The molecule has 2 aromatic rings. The Balaban J connectivity index is 2.07. The standard InChI is InChI=1S/C15H17N3S/c1-10-7-11(2)9-13(8-10)17-15(19)18-14-12(3)5-4-6-16-14/h4-9H,1-3H3,(H2,16,17,18,19). The number of hydrogen-bond acceptors (Lipinski definition) is 2. The molecule has 0 fully saturated rings. The van der Waals surface area contributed by atoms with Crippen molar-refractivity contribution in [3.05, 3.63) is 53.2 Å². The van der Waals surface area contributed by atoms with Gasteiger partial charge in [-0.25, -0.2) is 4.98 Å². The Bertz CT molecular complexity index is 588. The molecule has 4 heteroatoms. The number of aryl methyl sites for hydroxylation is 3. The van der Waals surface area contributed by atoms with Gasteiger partial charge in [0.05, 0.1) is 0 Å². The van der Waals surface area contributed by atoms with Gasteiger partial charge in [0.15, 0.2) is 5.11 Å². The highest BCUT2D eigenvalue weighted by molar-refractivity contribution is 7.80. The average Bonchev–Trinajstić information content (AvgIpc) is 2.30. The molecule has 98 valence electrons. The summed E-state index contributed by atoms with van der Waals surface area (Å²) in [5, 5.41) is 6.83. The maximum Gasteiger partial charge on any atom is 0.176 e. The number of thiocarbonyl (C=S) groups is 1. The van der Waals surface area contributed by atoms with E-state index in [0.29, 0.717) is 5.11 Å². The van der Waals surface area contributed by atoms with Crippen LogP contribution in [0.15, 0.2) is 36.5 Å². The first-order chi connectivity index (χ1) is 9.04. The van der Waals surface area contributed by atoms with Gasteiger partial charge in [0.2, 0.25) is 0 Å². The summed E-state index contributed by atoms with van der Waals surface area (Å²) >= 11 is 5.30. The second-order valence-corrected chi connectivity index (χ2v) is 5.03. The second-order valence-electron chi connectivity index (χ2n) is 4.62. The molecule has 2 N–H and O–H groups in total. The van der Waals surface area contributed by atoms with E-state index in [1.807, 2.05) is 19.1 Å². The topological polar surface area (TPSA) is 37.0 Å². The van der Waals surface area contributed by atoms with E-state index in [9.17, 15) is 0 Å².